The van der Waals surface area contributed by atoms with Gasteiger partial charge in [0.15, 0.2) is 5.82 Å². The van der Waals surface area contributed by atoms with Crippen LogP contribution in [0.3, 0.4) is 0 Å². The number of pyridine rings is 1. The summed E-state index contributed by atoms with van der Waals surface area (Å²) in [5.41, 5.74) is 6.38. The molecule has 1 aliphatic heterocycles. The molecular formula is C23H24F2N6O3. The highest BCUT2D eigenvalue weighted by Gasteiger charge is 2.42. The average molecular weight is 470 g/mol. The number of fused-ring (bicyclic) bond motifs is 1. The first kappa shape index (κ1) is 22.4. The molecule has 5 N–H and O–H groups in total. The summed E-state index contributed by atoms with van der Waals surface area (Å²) in [5, 5.41) is 15.7. The fraction of sp³-hybridized carbons (Fsp3) is 0.391. The van der Waals surface area contributed by atoms with Gasteiger partial charge in [0.05, 0.1) is 16.9 Å². The third-order valence-electron chi connectivity index (χ3n) is 6.15. The molecule has 5 rings (SSSR count). The van der Waals surface area contributed by atoms with E-state index in [2.05, 4.69) is 25.6 Å². The van der Waals surface area contributed by atoms with Gasteiger partial charge in [0, 0.05) is 25.1 Å². The molecule has 9 nitrogen and oxygen atoms in total. The van der Waals surface area contributed by atoms with Crippen LogP contribution in [-0.2, 0) is 0 Å². The number of rotatable bonds is 7. The number of nitrogens with one attached hydrogen (secondary N) is 2. The van der Waals surface area contributed by atoms with E-state index in [9.17, 15) is 18.7 Å². The maximum Gasteiger partial charge on any atom is 0.270 e. The number of halogens is 2. The van der Waals surface area contributed by atoms with E-state index in [1.807, 2.05) is 0 Å². The first-order valence-electron chi connectivity index (χ1n) is 11.0. The summed E-state index contributed by atoms with van der Waals surface area (Å²) in [4.78, 5) is 25.0. The molecule has 3 heterocycles. The topological polar surface area (TPSA) is 135 Å². The van der Waals surface area contributed by atoms with Crippen LogP contribution in [0.25, 0.3) is 22.3 Å². The van der Waals surface area contributed by atoms with E-state index in [0.717, 1.165) is 12.8 Å². The molecule has 3 aromatic rings. The van der Waals surface area contributed by atoms with Crippen LogP contribution in [0.2, 0.25) is 0 Å². The van der Waals surface area contributed by atoms with Gasteiger partial charge in [0.1, 0.15) is 35.8 Å². The highest BCUT2D eigenvalue weighted by molar-refractivity contribution is 6.06. The number of carbonyl (C=O) groups is 1. The van der Waals surface area contributed by atoms with E-state index in [0.29, 0.717) is 17.0 Å². The first-order chi connectivity index (χ1) is 16.2. The standard InChI is InChI=1S/C23H24F2N6O3/c24-23(25)7-8-27-10-17(23)31-21-19-18(28-12-29-21)15(20(26)32)9-16(30-19)13-1-3-14(4-2-13)34-11-22(33)5-6-22/h1-4,9,12,17,27,33H,5-8,10-11H2,(H2,26,32)(H,28,29,31)/t17-/m1/s1. The van der Waals surface area contributed by atoms with Crippen molar-refractivity contribution in [3.8, 4) is 17.0 Å². The normalized spacial score (nSPS) is 20.6. The third-order valence-corrected chi connectivity index (χ3v) is 6.15. The third kappa shape index (κ3) is 4.48. The molecule has 0 radical (unpaired) electrons. The Hall–Kier alpha value is -3.44. The number of hydrogen-bond donors (Lipinski definition) is 4. The lowest BCUT2D eigenvalue weighted by molar-refractivity contribution is -0.0384. The number of piperidine rings is 1. The molecule has 178 valence electrons. The van der Waals surface area contributed by atoms with Crippen LogP contribution in [0.4, 0.5) is 14.6 Å². The number of anilines is 1. The minimum Gasteiger partial charge on any atom is -0.491 e. The van der Waals surface area contributed by atoms with Crippen molar-refractivity contribution in [1.82, 2.24) is 20.3 Å². The minimum absolute atomic E-state index is 0.0530. The molecule has 0 spiro atoms. The molecule has 2 fully saturated rings. The zero-order valence-electron chi connectivity index (χ0n) is 18.2. The number of hydrogen-bond acceptors (Lipinski definition) is 8. The highest BCUT2D eigenvalue weighted by atomic mass is 19.3. The molecule has 0 bridgehead atoms. The van der Waals surface area contributed by atoms with Gasteiger partial charge in [-0.25, -0.2) is 23.7 Å². The Morgan fingerprint density at radius 3 is 2.65 bits per heavy atom. The van der Waals surface area contributed by atoms with Crippen molar-refractivity contribution >= 4 is 22.8 Å². The lowest BCUT2D eigenvalue weighted by Gasteiger charge is -2.32. The Bertz CT molecular complexity index is 1230. The summed E-state index contributed by atoms with van der Waals surface area (Å²) in [6.07, 6.45) is 2.34. The summed E-state index contributed by atoms with van der Waals surface area (Å²) in [6, 6.07) is 7.28. The average Bonchev–Trinajstić information content (AvgIpc) is 3.56. The number of aromatic nitrogens is 3. The molecule has 1 aromatic carbocycles. The molecular weight excluding hydrogens is 446 g/mol. The van der Waals surface area contributed by atoms with Crippen LogP contribution in [0, 0.1) is 0 Å². The van der Waals surface area contributed by atoms with Crippen molar-refractivity contribution in [2.45, 2.75) is 36.8 Å². The Kier molecular flexibility index (Phi) is 5.53. The lowest BCUT2D eigenvalue weighted by Crippen LogP contribution is -2.52. The number of nitrogens with two attached hydrogens (primary N) is 1. The first-order valence-corrected chi connectivity index (χ1v) is 11.0. The maximum atomic E-state index is 14.4. The van der Waals surface area contributed by atoms with Gasteiger partial charge in [0.25, 0.3) is 11.8 Å². The van der Waals surface area contributed by atoms with E-state index in [1.54, 1.807) is 24.3 Å². The van der Waals surface area contributed by atoms with E-state index in [4.69, 9.17) is 10.5 Å². The molecule has 34 heavy (non-hydrogen) atoms. The van der Waals surface area contributed by atoms with Gasteiger partial charge in [-0.15, -0.1) is 0 Å². The van der Waals surface area contributed by atoms with Gasteiger partial charge in [-0.3, -0.25) is 4.79 Å². The summed E-state index contributed by atoms with van der Waals surface area (Å²) >= 11 is 0. The molecule has 2 aromatic heterocycles. The van der Waals surface area contributed by atoms with Crippen LogP contribution >= 0.6 is 0 Å². The van der Waals surface area contributed by atoms with Crippen LogP contribution < -0.4 is 21.1 Å². The van der Waals surface area contributed by atoms with Crippen LogP contribution in [-0.4, -0.2) is 63.2 Å². The van der Waals surface area contributed by atoms with Crippen molar-refractivity contribution in [2.24, 2.45) is 5.73 Å². The maximum absolute atomic E-state index is 14.4. The van der Waals surface area contributed by atoms with Crippen molar-refractivity contribution in [3.63, 3.8) is 0 Å². The van der Waals surface area contributed by atoms with E-state index >= 15 is 0 Å². The van der Waals surface area contributed by atoms with E-state index in [-0.39, 0.29) is 48.5 Å². The molecule has 1 amide bonds. The minimum atomic E-state index is -2.93. The monoisotopic (exact) mass is 470 g/mol. The Morgan fingerprint density at radius 2 is 1.97 bits per heavy atom. The predicted molar refractivity (Wildman–Crippen MR) is 121 cm³/mol. The van der Waals surface area contributed by atoms with Crippen LogP contribution in [0.1, 0.15) is 29.6 Å². The van der Waals surface area contributed by atoms with Crippen LogP contribution in [0.15, 0.2) is 36.7 Å². The number of nitrogens with zero attached hydrogens (tertiary/aromatic N) is 3. The Morgan fingerprint density at radius 1 is 1.21 bits per heavy atom. The molecule has 11 heteroatoms. The largest absolute Gasteiger partial charge is 0.491 e. The van der Waals surface area contributed by atoms with Gasteiger partial charge in [-0.1, -0.05) is 0 Å². The molecule has 2 aliphatic rings. The van der Waals surface area contributed by atoms with Crippen molar-refractivity contribution in [1.29, 1.82) is 0 Å². The van der Waals surface area contributed by atoms with Gasteiger partial charge in [-0.05, 0) is 43.2 Å². The number of carbonyl (C=O) groups excluding carboxylic acids is 1. The van der Waals surface area contributed by atoms with Crippen molar-refractivity contribution < 1.29 is 23.4 Å². The van der Waals surface area contributed by atoms with Crippen molar-refractivity contribution in [2.75, 3.05) is 25.0 Å². The van der Waals surface area contributed by atoms with Crippen molar-refractivity contribution in [3.05, 3.63) is 42.2 Å². The second-order valence-corrected chi connectivity index (χ2v) is 8.79. The second kappa shape index (κ2) is 8.41. The number of primary amides is 1. The molecule has 1 aliphatic carbocycles. The molecule has 1 saturated heterocycles. The fourth-order valence-corrected chi connectivity index (χ4v) is 3.86. The highest BCUT2D eigenvalue weighted by Crippen LogP contribution is 2.36. The van der Waals surface area contributed by atoms with Crippen LogP contribution in [0.5, 0.6) is 5.75 Å². The predicted octanol–water partition coefficient (Wildman–Crippen LogP) is 2.10. The number of ether oxygens (including phenoxy) is 1. The number of alkyl halides is 2. The quantitative estimate of drug-likeness (QED) is 0.412. The van der Waals surface area contributed by atoms with Gasteiger partial charge < -0.3 is 26.2 Å². The van der Waals surface area contributed by atoms with Gasteiger partial charge in [0.2, 0.25) is 0 Å². The zero-order valence-corrected chi connectivity index (χ0v) is 18.2. The second-order valence-electron chi connectivity index (χ2n) is 8.79. The van der Waals surface area contributed by atoms with Gasteiger partial charge in [-0.2, -0.15) is 0 Å². The van der Waals surface area contributed by atoms with E-state index in [1.165, 1.54) is 12.4 Å². The summed E-state index contributed by atoms with van der Waals surface area (Å²) < 4.78 is 34.5. The lowest BCUT2D eigenvalue weighted by atomic mass is 10.0. The molecule has 1 saturated carbocycles. The van der Waals surface area contributed by atoms with E-state index < -0.39 is 23.5 Å². The molecule has 1 atom stereocenters. The summed E-state index contributed by atoms with van der Waals surface area (Å²) in [6.45, 7) is 0.500. The Labute approximate surface area is 193 Å². The van der Waals surface area contributed by atoms with Gasteiger partial charge >= 0.3 is 0 Å². The number of aliphatic hydroxyl groups is 1. The smallest absolute Gasteiger partial charge is 0.270 e. The number of benzene rings is 1. The molecule has 0 unspecified atom stereocenters. The SMILES string of the molecule is NC(=O)c1cc(-c2ccc(OCC3(O)CC3)cc2)nc2c(N[C@@H]3CNCCC3(F)F)ncnc12. The Balaban J connectivity index is 1.50. The number of amides is 1. The summed E-state index contributed by atoms with van der Waals surface area (Å²) in [5.74, 6) is -2.98. The summed E-state index contributed by atoms with van der Waals surface area (Å²) in [7, 11) is 0. The zero-order chi connectivity index (χ0) is 23.9. The fourth-order valence-electron chi connectivity index (χ4n) is 3.86.